The second kappa shape index (κ2) is 2.86. The van der Waals surface area contributed by atoms with Crippen molar-refractivity contribution in [2.45, 2.75) is 0 Å². The number of nitrogens with zero attached hydrogens (tertiary/aromatic N) is 3. The van der Waals surface area contributed by atoms with Crippen molar-refractivity contribution < 1.29 is 0 Å². The van der Waals surface area contributed by atoms with Crippen molar-refractivity contribution in [3.63, 3.8) is 0 Å². The first-order chi connectivity index (χ1) is 6.22. The lowest BCUT2D eigenvalue weighted by Gasteiger charge is -1.97. The molecule has 13 heavy (non-hydrogen) atoms. The molecule has 0 fully saturated rings. The highest BCUT2D eigenvalue weighted by Gasteiger charge is 2.05. The molecule has 0 saturated heterocycles. The summed E-state index contributed by atoms with van der Waals surface area (Å²) >= 11 is 3.38. The molecule has 0 amide bonds. The van der Waals surface area contributed by atoms with Gasteiger partial charge in [-0.3, -0.25) is 0 Å². The molecule has 0 aliphatic heterocycles. The van der Waals surface area contributed by atoms with Crippen molar-refractivity contribution in [3.05, 3.63) is 34.3 Å². The van der Waals surface area contributed by atoms with Gasteiger partial charge in [-0.1, -0.05) is 0 Å². The number of hydrogen-bond acceptors (Lipinski definition) is 1. The van der Waals surface area contributed by atoms with Gasteiger partial charge in [0.25, 0.3) is 0 Å². The van der Waals surface area contributed by atoms with Crippen LogP contribution < -0.4 is 0 Å². The van der Waals surface area contributed by atoms with E-state index in [0.717, 1.165) is 15.5 Å². The number of halogens is 1. The fourth-order valence-corrected chi connectivity index (χ4v) is 1.78. The third-order valence-corrected chi connectivity index (χ3v) is 2.50. The number of fused-ring (bicyclic) bond motifs is 1. The molecule has 0 radical (unpaired) electrons. The maximum atomic E-state index is 6.91. The van der Waals surface area contributed by atoms with E-state index in [1.165, 1.54) is 0 Å². The lowest BCUT2D eigenvalue weighted by molar-refractivity contribution is 0.948. The Bertz CT molecular complexity index is 507. The van der Waals surface area contributed by atoms with Crippen molar-refractivity contribution in [1.82, 2.24) is 9.55 Å². The van der Waals surface area contributed by atoms with Crippen LogP contribution in [-0.4, -0.2) is 9.55 Å². The first-order valence-corrected chi connectivity index (χ1v) is 4.49. The summed E-state index contributed by atoms with van der Waals surface area (Å²) in [6.45, 7) is 6.91. The van der Waals surface area contributed by atoms with Crippen molar-refractivity contribution in [2.75, 3.05) is 0 Å². The van der Waals surface area contributed by atoms with Gasteiger partial charge in [0, 0.05) is 11.5 Å². The molecule has 1 aromatic carbocycles. The minimum Gasteiger partial charge on any atom is -0.335 e. The Hall–Kier alpha value is -1.34. The molecule has 0 N–H and O–H groups in total. The van der Waals surface area contributed by atoms with E-state index < -0.39 is 0 Å². The molecular formula is C9H6BrN3. The van der Waals surface area contributed by atoms with E-state index in [1.54, 1.807) is 12.4 Å². The summed E-state index contributed by atoms with van der Waals surface area (Å²) in [5.41, 5.74) is 2.50. The summed E-state index contributed by atoms with van der Waals surface area (Å²) < 4.78 is 2.77. The van der Waals surface area contributed by atoms with Gasteiger partial charge >= 0.3 is 0 Å². The van der Waals surface area contributed by atoms with E-state index >= 15 is 0 Å². The monoisotopic (exact) mass is 235 g/mol. The molecule has 2 aromatic rings. The van der Waals surface area contributed by atoms with Crippen LogP contribution in [0.3, 0.4) is 0 Å². The smallest absolute Gasteiger partial charge is 0.190 e. The number of imidazole rings is 1. The normalized spacial score (nSPS) is 10.2. The van der Waals surface area contributed by atoms with Crippen LogP contribution in [0, 0.1) is 6.57 Å². The highest BCUT2D eigenvalue weighted by atomic mass is 79.9. The Labute approximate surface area is 84.0 Å². The summed E-state index contributed by atoms with van der Waals surface area (Å²) in [6.07, 6.45) is 1.74. The topological polar surface area (TPSA) is 22.2 Å². The quantitative estimate of drug-likeness (QED) is 0.644. The molecule has 1 aromatic heterocycles. The summed E-state index contributed by atoms with van der Waals surface area (Å²) in [5.74, 6) is 0. The minimum absolute atomic E-state index is 0.628. The Morgan fingerprint density at radius 2 is 2.31 bits per heavy atom. The standard InChI is InChI=1S/C9H6BrN3/c1-11-6-3-7(10)9-8(4-6)13(2)5-12-9/h3-5H,2H3. The summed E-state index contributed by atoms with van der Waals surface area (Å²) in [4.78, 5) is 7.59. The largest absolute Gasteiger partial charge is 0.335 e. The predicted molar refractivity (Wildman–Crippen MR) is 54.7 cm³/mol. The molecule has 0 aliphatic carbocycles. The Balaban J connectivity index is 2.90. The lowest BCUT2D eigenvalue weighted by Crippen LogP contribution is -1.82. The zero-order valence-corrected chi connectivity index (χ0v) is 8.54. The van der Waals surface area contributed by atoms with Crippen molar-refractivity contribution in [2.24, 2.45) is 7.05 Å². The minimum atomic E-state index is 0.628. The molecule has 2 rings (SSSR count). The number of rotatable bonds is 0. The number of aromatic nitrogens is 2. The number of hydrogen-bond donors (Lipinski definition) is 0. The molecule has 0 aliphatic rings. The molecule has 1 heterocycles. The van der Waals surface area contributed by atoms with Crippen LogP contribution in [0.4, 0.5) is 5.69 Å². The van der Waals surface area contributed by atoms with Gasteiger partial charge in [-0.2, -0.15) is 0 Å². The fourth-order valence-electron chi connectivity index (χ4n) is 1.24. The van der Waals surface area contributed by atoms with Gasteiger partial charge in [0.05, 0.1) is 18.4 Å². The van der Waals surface area contributed by atoms with E-state index in [2.05, 4.69) is 25.8 Å². The SMILES string of the molecule is [C-]#[N+]c1cc(Br)c2ncn(C)c2c1. The number of aryl methyl sites for hydroxylation is 1. The van der Waals surface area contributed by atoms with Crippen LogP contribution in [0.1, 0.15) is 0 Å². The second-order valence-corrected chi connectivity index (χ2v) is 3.62. The Morgan fingerprint density at radius 1 is 1.54 bits per heavy atom. The summed E-state index contributed by atoms with van der Waals surface area (Å²) in [7, 11) is 1.91. The number of benzene rings is 1. The Morgan fingerprint density at radius 3 is 3.00 bits per heavy atom. The molecule has 0 atom stereocenters. The van der Waals surface area contributed by atoms with Gasteiger partial charge in [0.1, 0.15) is 5.52 Å². The average molecular weight is 236 g/mol. The molecule has 64 valence electrons. The molecular weight excluding hydrogens is 230 g/mol. The molecule has 0 bridgehead atoms. The van der Waals surface area contributed by atoms with Crippen LogP contribution in [0.5, 0.6) is 0 Å². The van der Waals surface area contributed by atoms with Gasteiger partial charge in [0.15, 0.2) is 5.69 Å². The molecule has 0 saturated carbocycles. The van der Waals surface area contributed by atoms with Crippen LogP contribution in [-0.2, 0) is 7.05 Å². The maximum absolute atomic E-state index is 6.91. The van der Waals surface area contributed by atoms with Crippen LogP contribution in [0.25, 0.3) is 15.9 Å². The summed E-state index contributed by atoms with van der Waals surface area (Å²) in [6, 6.07) is 3.61. The highest BCUT2D eigenvalue weighted by Crippen LogP contribution is 2.28. The van der Waals surface area contributed by atoms with Gasteiger partial charge in [-0.05, 0) is 28.1 Å². The first kappa shape index (κ1) is 8.27. The maximum Gasteiger partial charge on any atom is 0.190 e. The van der Waals surface area contributed by atoms with Crippen molar-refractivity contribution in [3.8, 4) is 0 Å². The third-order valence-electron chi connectivity index (χ3n) is 1.90. The van der Waals surface area contributed by atoms with Crippen molar-refractivity contribution in [1.29, 1.82) is 0 Å². The zero-order valence-electron chi connectivity index (χ0n) is 6.95. The molecule has 0 spiro atoms. The highest BCUT2D eigenvalue weighted by molar-refractivity contribution is 9.10. The summed E-state index contributed by atoms with van der Waals surface area (Å²) in [5, 5.41) is 0. The average Bonchev–Trinajstić information content (AvgIpc) is 2.48. The van der Waals surface area contributed by atoms with Crippen LogP contribution in [0.2, 0.25) is 0 Å². The van der Waals surface area contributed by atoms with Gasteiger partial charge in [-0.25, -0.2) is 9.83 Å². The predicted octanol–water partition coefficient (Wildman–Crippen LogP) is 2.89. The van der Waals surface area contributed by atoms with E-state index in [4.69, 9.17) is 6.57 Å². The van der Waals surface area contributed by atoms with Crippen molar-refractivity contribution >= 4 is 32.7 Å². The second-order valence-electron chi connectivity index (χ2n) is 2.76. The first-order valence-electron chi connectivity index (χ1n) is 3.70. The van der Waals surface area contributed by atoms with Gasteiger partial charge in [0.2, 0.25) is 0 Å². The molecule has 3 nitrogen and oxygen atoms in total. The lowest BCUT2D eigenvalue weighted by atomic mass is 10.3. The van der Waals surface area contributed by atoms with E-state index in [-0.39, 0.29) is 0 Å². The zero-order chi connectivity index (χ0) is 9.42. The van der Waals surface area contributed by atoms with E-state index in [1.807, 2.05) is 17.7 Å². The molecule has 4 heteroatoms. The van der Waals surface area contributed by atoms with E-state index in [9.17, 15) is 0 Å². The third kappa shape index (κ3) is 1.21. The fraction of sp³-hybridized carbons (Fsp3) is 0.111. The Kier molecular flexibility index (Phi) is 1.82. The van der Waals surface area contributed by atoms with E-state index in [0.29, 0.717) is 5.69 Å². The van der Waals surface area contributed by atoms with Crippen LogP contribution >= 0.6 is 15.9 Å². The van der Waals surface area contributed by atoms with Gasteiger partial charge in [-0.15, -0.1) is 0 Å². The van der Waals surface area contributed by atoms with Gasteiger partial charge < -0.3 is 4.57 Å². The van der Waals surface area contributed by atoms with Crippen LogP contribution in [0.15, 0.2) is 22.9 Å². The molecule has 0 unspecified atom stereocenters.